The van der Waals surface area contributed by atoms with Crippen molar-refractivity contribution in [2.75, 3.05) is 0 Å². The van der Waals surface area contributed by atoms with E-state index in [2.05, 4.69) is 0 Å². The van der Waals surface area contributed by atoms with Crippen molar-refractivity contribution >= 4 is 18.2 Å². The maximum absolute atomic E-state index is 12.1. The van der Waals surface area contributed by atoms with Crippen LogP contribution in [0.2, 0.25) is 0 Å². The summed E-state index contributed by atoms with van der Waals surface area (Å²) in [4.78, 5) is 34.3. The van der Waals surface area contributed by atoms with Gasteiger partial charge in [-0.15, -0.1) is 0 Å². The molecule has 2 unspecified atom stereocenters. The summed E-state index contributed by atoms with van der Waals surface area (Å²) in [6, 6.07) is 0. The monoisotopic (exact) mass is 259 g/mol. The van der Waals surface area contributed by atoms with E-state index in [9.17, 15) is 14.4 Å². The van der Waals surface area contributed by atoms with Gasteiger partial charge < -0.3 is 20.4 Å². The Morgan fingerprint density at radius 3 is 1.94 bits per heavy atom. The van der Waals surface area contributed by atoms with Gasteiger partial charge in [0.1, 0.15) is 11.0 Å². The number of carboxylic acids is 1. The largest absolute Gasteiger partial charge is 0.480 e. The van der Waals surface area contributed by atoms with E-state index in [1.807, 2.05) is 0 Å². The summed E-state index contributed by atoms with van der Waals surface area (Å²) in [5.41, 5.74) is 0.880. The molecule has 0 aromatic heterocycles. The van der Waals surface area contributed by atoms with Crippen LogP contribution < -0.4 is 5.73 Å². The summed E-state index contributed by atoms with van der Waals surface area (Å²) in [5, 5.41) is 9.08. The molecule has 0 bridgehead atoms. The van der Waals surface area contributed by atoms with Crippen molar-refractivity contribution in [2.24, 2.45) is 11.1 Å². The zero-order valence-corrected chi connectivity index (χ0v) is 11.4. The molecule has 0 saturated heterocycles. The number of aldehydes is 1. The molecule has 3 N–H and O–H groups in total. The van der Waals surface area contributed by atoms with Gasteiger partial charge in [0.15, 0.2) is 11.8 Å². The second-order valence-corrected chi connectivity index (χ2v) is 5.48. The average Bonchev–Trinajstić information content (AvgIpc) is 2.23. The van der Waals surface area contributed by atoms with Crippen LogP contribution in [0.4, 0.5) is 0 Å². The normalized spacial score (nSPS) is 18.3. The van der Waals surface area contributed by atoms with Crippen molar-refractivity contribution in [2.45, 2.75) is 52.2 Å². The SMILES string of the molecule is CCC(C)(C(=O)OC(C)(C)C)C(N)(C=O)C(=O)O. The number of hydrogen-bond donors (Lipinski definition) is 2. The number of carboxylic acid groups (broad SMARTS) is 1. The second kappa shape index (κ2) is 5.06. The summed E-state index contributed by atoms with van der Waals surface area (Å²) < 4.78 is 5.15. The van der Waals surface area contributed by atoms with Crippen molar-refractivity contribution in [3.05, 3.63) is 0 Å². The predicted octanol–water partition coefficient (Wildman–Crippen LogP) is 0.725. The molecule has 6 nitrogen and oxygen atoms in total. The molecule has 0 aliphatic carbocycles. The Labute approximate surface area is 106 Å². The Morgan fingerprint density at radius 2 is 1.72 bits per heavy atom. The third-order valence-electron chi connectivity index (χ3n) is 3.01. The fraction of sp³-hybridized carbons (Fsp3) is 0.750. The fourth-order valence-electron chi connectivity index (χ4n) is 1.41. The molecular formula is C12H21NO5. The Bertz CT molecular complexity index is 360. The van der Waals surface area contributed by atoms with Crippen molar-refractivity contribution in [3.63, 3.8) is 0 Å². The van der Waals surface area contributed by atoms with Crippen molar-refractivity contribution in [3.8, 4) is 0 Å². The summed E-state index contributed by atoms with van der Waals surface area (Å²) in [6.07, 6.45) is 0.159. The number of carbonyl (C=O) groups excluding carboxylic acids is 2. The van der Waals surface area contributed by atoms with Crippen molar-refractivity contribution in [1.82, 2.24) is 0 Å². The standard InChI is InChI=1S/C12H21NO5/c1-6-11(5,9(17)18-10(2,3)4)12(13,7-14)8(15)16/h7H,6,13H2,1-5H3,(H,15,16). The van der Waals surface area contributed by atoms with Crippen LogP contribution in [0.1, 0.15) is 41.0 Å². The lowest BCUT2D eigenvalue weighted by Crippen LogP contribution is -2.65. The van der Waals surface area contributed by atoms with Crippen molar-refractivity contribution < 1.29 is 24.2 Å². The summed E-state index contributed by atoms with van der Waals surface area (Å²) in [7, 11) is 0. The van der Waals surface area contributed by atoms with Gasteiger partial charge in [-0.1, -0.05) is 6.92 Å². The molecule has 0 amide bonds. The molecule has 2 atom stereocenters. The van der Waals surface area contributed by atoms with Gasteiger partial charge in [-0.2, -0.15) is 0 Å². The van der Waals surface area contributed by atoms with Gasteiger partial charge in [-0.25, -0.2) is 4.79 Å². The van der Waals surface area contributed by atoms with Gasteiger partial charge in [-0.3, -0.25) is 4.79 Å². The third kappa shape index (κ3) is 2.87. The van der Waals surface area contributed by atoms with Gasteiger partial charge >= 0.3 is 11.9 Å². The lowest BCUT2D eigenvalue weighted by molar-refractivity contribution is -0.177. The van der Waals surface area contributed by atoms with E-state index in [0.29, 0.717) is 0 Å². The van der Waals surface area contributed by atoms with Crippen LogP contribution in [0.15, 0.2) is 0 Å². The minimum Gasteiger partial charge on any atom is -0.480 e. The van der Waals surface area contributed by atoms with E-state index in [0.717, 1.165) is 0 Å². The first-order valence-corrected chi connectivity index (χ1v) is 5.66. The molecule has 6 heteroatoms. The molecule has 18 heavy (non-hydrogen) atoms. The molecule has 0 fully saturated rings. The third-order valence-corrected chi connectivity index (χ3v) is 3.01. The smallest absolute Gasteiger partial charge is 0.332 e. The van der Waals surface area contributed by atoms with Crippen LogP contribution >= 0.6 is 0 Å². The molecular weight excluding hydrogens is 238 g/mol. The molecule has 104 valence electrons. The zero-order chi connectivity index (χ0) is 14.8. The molecule has 0 spiro atoms. The molecule has 0 heterocycles. The number of esters is 1. The number of ether oxygens (including phenoxy) is 1. The quantitative estimate of drug-likeness (QED) is 0.428. The van der Waals surface area contributed by atoms with E-state index in [-0.39, 0.29) is 12.7 Å². The molecule has 0 aromatic carbocycles. The average molecular weight is 259 g/mol. The first kappa shape index (κ1) is 16.6. The van der Waals surface area contributed by atoms with Crippen LogP contribution in [-0.2, 0) is 19.1 Å². The minimum absolute atomic E-state index is 0.0729. The van der Waals surface area contributed by atoms with Gasteiger partial charge in [-0.05, 0) is 34.1 Å². The van der Waals surface area contributed by atoms with Crippen LogP contribution in [0.5, 0.6) is 0 Å². The molecule has 0 aliphatic rings. The predicted molar refractivity (Wildman–Crippen MR) is 64.9 cm³/mol. The van der Waals surface area contributed by atoms with Crippen LogP contribution in [-0.4, -0.2) is 34.5 Å². The molecule has 0 aromatic rings. The fourth-order valence-corrected chi connectivity index (χ4v) is 1.41. The number of aliphatic carboxylic acids is 1. The lowest BCUT2D eigenvalue weighted by Gasteiger charge is -2.38. The molecule has 0 rings (SSSR count). The maximum Gasteiger partial charge on any atom is 0.332 e. The zero-order valence-electron chi connectivity index (χ0n) is 11.4. The summed E-state index contributed by atoms with van der Waals surface area (Å²) in [6.45, 7) is 7.87. The van der Waals surface area contributed by atoms with E-state index in [4.69, 9.17) is 15.6 Å². The summed E-state index contributed by atoms with van der Waals surface area (Å²) >= 11 is 0. The van der Waals surface area contributed by atoms with Gasteiger partial charge in [0.2, 0.25) is 0 Å². The Balaban J connectivity index is 5.55. The van der Waals surface area contributed by atoms with Crippen LogP contribution in [0, 0.1) is 5.41 Å². The van der Waals surface area contributed by atoms with Crippen LogP contribution in [0.3, 0.4) is 0 Å². The number of rotatable bonds is 5. The first-order valence-electron chi connectivity index (χ1n) is 5.66. The highest BCUT2D eigenvalue weighted by Crippen LogP contribution is 2.35. The topological polar surface area (TPSA) is 107 Å². The minimum atomic E-state index is -2.30. The van der Waals surface area contributed by atoms with Gasteiger partial charge in [0.25, 0.3) is 0 Å². The van der Waals surface area contributed by atoms with Crippen LogP contribution in [0.25, 0.3) is 0 Å². The van der Waals surface area contributed by atoms with E-state index in [1.165, 1.54) is 6.92 Å². The van der Waals surface area contributed by atoms with Gasteiger partial charge in [0, 0.05) is 0 Å². The lowest BCUT2D eigenvalue weighted by atomic mass is 9.70. The Morgan fingerprint density at radius 1 is 1.28 bits per heavy atom. The van der Waals surface area contributed by atoms with Crippen molar-refractivity contribution in [1.29, 1.82) is 0 Å². The Kier molecular flexibility index (Phi) is 4.65. The Hall–Kier alpha value is -1.43. The first-order chi connectivity index (χ1) is 7.94. The number of carbonyl (C=O) groups is 3. The number of hydrogen-bond acceptors (Lipinski definition) is 5. The summed E-state index contributed by atoms with van der Waals surface area (Å²) in [5.74, 6) is -2.35. The number of nitrogens with two attached hydrogens (primary N) is 1. The second-order valence-electron chi connectivity index (χ2n) is 5.48. The van der Waals surface area contributed by atoms with Gasteiger partial charge in [0.05, 0.1) is 0 Å². The molecule has 0 aliphatic heterocycles. The molecule has 0 saturated carbocycles. The highest BCUT2D eigenvalue weighted by molar-refractivity contribution is 6.03. The maximum atomic E-state index is 12.1. The highest BCUT2D eigenvalue weighted by Gasteiger charge is 2.57. The molecule has 0 radical (unpaired) electrons. The van der Waals surface area contributed by atoms with E-state index >= 15 is 0 Å². The van der Waals surface area contributed by atoms with E-state index < -0.39 is 28.5 Å². The highest BCUT2D eigenvalue weighted by atomic mass is 16.6. The van der Waals surface area contributed by atoms with E-state index in [1.54, 1.807) is 27.7 Å².